The van der Waals surface area contributed by atoms with Gasteiger partial charge >= 0.3 is 5.97 Å². The summed E-state index contributed by atoms with van der Waals surface area (Å²) >= 11 is 0. The topological polar surface area (TPSA) is 103 Å². The molecule has 27 heavy (non-hydrogen) atoms. The molecule has 0 aliphatic carbocycles. The van der Waals surface area contributed by atoms with Gasteiger partial charge in [-0.05, 0) is 31.9 Å². The van der Waals surface area contributed by atoms with Crippen LogP contribution < -0.4 is 20.7 Å². The van der Waals surface area contributed by atoms with Gasteiger partial charge in [0.05, 0.1) is 25.3 Å². The van der Waals surface area contributed by atoms with E-state index in [1.807, 2.05) is 31.2 Å². The van der Waals surface area contributed by atoms with Crippen LogP contribution in [0, 0.1) is 5.92 Å². The van der Waals surface area contributed by atoms with Crippen LogP contribution in [-0.4, -0.2) is 42.7 Å². The van der Waals surface area contributed by atoms with Gasteiger partial charge in [0.25, 0.3) is 0 Å². The molecule has 2 aromatic rings. The molecule has 0 spiro atoms. The van der Waals surface area contributed by atoms with Gasteiger partial charge in [0, 0.05) is 13.1 Å². The second kappa shape index (κ2) is 8.57. The maximum Gasteiger partial charge on any atom is 0.309 e. The summed E-state index contributed by atoms with van der Waals surface area (Å²) < 4.78 is 10.5. The number of nitrogens with one attached hydrogen (secondary N) is 1. The van der Waals surface area contributed by atoms with Gasteiger partial charge in [-0.15, -0.1) is 0 Å². The highest BCUT2D eigenvalue weighted by Crippen LogP contribution is 2.33. The van der Waals surface area contributed by atoms with Gasteiger partial charge in [-0.3, -0.25) is 4.79 Å². The minimum absolute atomic E-state index is 0.0598. The molecule has 1 aromatic heterocycles. The fourth-order valence-corrected chi connectivity index (χ4v) is 3.20. The van der Waals surface area contributed by atoms with Gasteiger partial charge in [-0.2, -0.15) is 0 Å². The van der Waals surface area contributed by atoms with Crippen molar-refractivity contribution in [1.82, 2.24) is 9.97 Å². The number of ether oxygens (including phenoxy) is 2. The molecular formula is C19H25N5O3. The Bertz CT molecular complexity index is 791. The van der Waals surface area contributed by atoms with E-state index in [1.54, 1.807) is 7.11 Å². The molecule has 1 aromatic carbocycles. The average molecular weight is 371 g/mol. The molecule has 1 aliphatic rings. The predicted octanol–water partition coefficient (Wildman–Crippen LogP) is 2.59. The number of hydrogen-bond donors (Lipinski definition) is 2. The van der Waals surface area contributed by atoms with Crippen LogP contribution in [0.1, 0.15) is 19.8 Å². The van der Waals surface area contributed by atoms with Crippen LogP contribution in [0.2, 0.25) is 0 Å². The maximum atomic E-state index is 11.9. The van der Waals surface area contributed by atoms with Gasteiger partial charge < -0.3 is 25.4 Å². The number of esters is 1. The Morgan fingerprint density at radius 3 is 2.74 bits per heavy atom. The Morgan fingerprint density at radius 1 is 1.30 bits per heavy atom. The normalized spacial score (nSPS) is 14.7. The number of nitrogens with two attached hydrogens (primary N) is 1. The molecule has 0 radical (unpaired) electrons. The van der Waals surface area contributed by atoms with Crippen LogP contribution >= 0.6 is 0 Å². The van der Waals surface area contributed by atoms with Crippen molar-refractivity contribution in [2.75, 3.05) is 42.8 Å². The molecule has 1 aliphatic heterocycles. The molecule has 2 heterocycles. The fraction of sp³-hybridized carbons (Fsp3) is 0.421. The maximum absolute atomic E-state index is 11.9. The van der Waals surface area contributed by atoms with Crippen molar-refractivity contribution in [1.29, 1.82) is 0 Å². The first-order chi connectivity index (χ1) is 13.1. The molecule has 3 rings (SSSR count). The summed E-state index contributed by atoms with van der Waals surface area (Å²) in [5, 5.41) is 3.21. The van der Waals surface area contributed by atoms with E-state index in [-0.39, 0.29) is 11.9 Å². The van der Waals surface area contributed by atoms with Gasteiger partial charge in [-0.25, -0.2) is 9.97 Å². The summed E-state index contributed by atoms with van der Waals surface area (Å²) in [6.07, 6.45) is 2.93. The van der Waals surface area contributed by atoms with Gasteiger partial charge in [0.2, 0.25) is 0 Å². The Balaban J connectivity index is 1.73. The van der Waals surface area contributed by atoms with Crippen LogP contribution in [0.15, 0.2) is 30.6 Å². The highest BCUT2D eigenvalue weighted by atomic mass is 16.5. The zero-order valence-corrected chi connectivity index (χ0v) is 15.6. The zero-order chi connectivity index (χ0) is 19.2. The summed E-state index contributed by atoms with van der Waals surface area (Å²) in [7, 11) is 1.61. The largest absolute Gasteiger partial charge is 0.495 e. The van der Waals surface area contributed by atoms with Gasteiger partial charge in [-0.1, -0.05) is 12.1 Å². The number of hydrogen-bond acceptors (Lipinski definition) is 8. The SMILES string of the molecule is CCOC(=O)C1CCN(c2ncnc(Nc3ccccc3OC)c2N)CC1. The first kappa shape index (κ1) is 18.8. The highest BCUT2D eigenvalue weighted by Gasteiger charge is 2.28. The third-order valence-corrected chi connectivity index (χ3v) is 4.64. The molecule has 144 valence electrons. The molecule has 3 N–H and O–H groups in total. The van der Waals surface area contributed by atoms with Crippen molar-refractivity contribution in [3.63, 3.8) is 0 Å². The molecule has 0 bridgehead atoms. The van der Waals surface area contributed by atoms with Crippen LogP contribution in [0.3, 0.4) is 0 Å². The lowest BCUT2D eigenvalue weighted by Crippen LogP contribution is -2.37. The molecule has 0 unspecified atom stereocenters. The van der Waals surface area contributed by atoms with Crippen molar-refractivity contribution >= 4 is 29.0 Å². The molecule has 1 saturated heterocycles. The Kier molecular flexibility index (Phi) is 5.95. The number of piperidine rings is 1. The third kappa shape index (κ3) is 4.21. The summed E-state index contributed by atoms with van der Waals surface area (Å²) in [5.74, 6) is 1.72. The average Bonchev–Trinajstić information content (AvgIpc) is 2.70. The second-order valence-electron chi connectivity index (χ2n) is 6.30. The number of carbonyl (C=O) groups is 1. The standard InChI is InChI=1S/C19H25N5O3/c1-3-27-19(25)13-8-10-24(11-9-13)18-16(20)17(21-12-22-18)23-14-6-4-5-7-15(14)26-2/h4-7,12-13H,3,8-11,20H2,1-2H3,(H,21,22,23). The molecule has 0 amide bonds. The van der Waals surface area contributed by atoms with Gasteiger partial charge in [0.1, 0.15) is 17.8 Å². The Labute approximate surface area is 158 Å². The number of carbonyl (C=O) groups excluding carboxylic acids is 1. The van der Waals surface area contributed by atoms with Crippen LogP contribution in [0.25, 0.3) is 0 Å². The quantitative estimate of drug-likeness (QED) is 0.747. The smallest absolute Gasteiger partial charge is 0.309 e. The van der Waals surface area contributed by atoms with Crippen molar-refractivity contribution < 1.29 is 14.3 Å². The van der Waals surface area contributed by atoms with E-state index < -0.39 is 0 Å². The number of aromatic nitrogens is 2. The van der Waals surface area contributed by atoms with E-state index >= 15 is 0 Å². The van der Waals surface area contributed by atoms with E-state index in [2.05, 4.69) is 20.2 Å². The molecule has 1 fully saturated rings. The van der Waals surface area contributed by atoms with Crippen LogP contribution in [-0.2, 0) is 9.53 Å². The fourth-order valence-electron chi connectivity index (χ4n) is 3.20. The Hall–Kier alpha value is -3.03. The lowest BCUT2D eigenvalue weighted by molar-refractivity contribution is -0.148. The Morgan fingerprint density at radius 2 is 2.04 bits per heavy atom. The first-order valence-corrected chi connectivity index (χ1v) is 9.06. The van der Waals surface area contributed by atoms with E-state index in [1.165, 1.54) is 6.33 Å². The van der Waals surface area contributed by atoms with Crippen molar-refractivity contribution in [3.8, 4) is 5.75 Å². The molecular weight excluding hydrogens is 346 g/mol. The number of para-hydroxylation sites is 2. The lowest BCUT2D eigenvalue weighted by atomic mass is 9.97. The van der Waals surface area contributed by atoms with E-state index in [0.29, 0.717) is 42.8 Å². The number of anilines is 4. The second-order valence-corrected chi connectivity index (χ2v) is 6.30. The zero-order valence-electron chi connectivity index (χ0n) is 15.6. The predicted molar refractivity (Wildman–Crippen MR) is 104 cm³/mol. The van der Waals surface area contributed by atoms with Gasteiger partial charge in [0.15, 0.2) is 11.6 Å². The third-order valence-electron chi connectivity index (χ3n) is 4.64. The number of nitrogens with zero attached hydrogens (tertiary/aromatic N) is 3. The highest BCUT2D eigenvalue weighted by molar-refractivity contribution is 5.80. The minimum Gasteiger partial charge on any atom is -0.495 e. The monoisotopic (exact) mass is 371 g/mol. The first-order valence-electron chi connectivity index (χ1n) is 9.06. The summed E-state index contributed by atoms with van der Waals surface area (Å²) in [6.45, 7) is 3.62. The number of rotatable bonds is 6. The summed E-state index contributed by atoms with van der Waals surface area (Å²) in [6, 6.07) is 7.56. The number of benzene rings is 1. The van der Waals surface area contributed by atoms with E-state index in [9.17, 15) is 4.79 Å². The van der Waals surface area contributed by atoms with Crippen molar-refractivity contribution in [2.24, 2.45) is 5.92 Å². The molecule has 0 saturated carbocycles. The molecule has 8 heteroatoms. The van der Waals surface area contributed by atoms with Crippen molar-refractivity contribution in [3.05, 3.63) is 30.6 Å². The van der Waals surface area contributed by atoms with E-state index in [0.717, 1.165) is 18.5 Å². The lowest BCUT2D eigenvalue weighted by Gasteiger charge is -2.32. The number of nitrogen functional groups attached to an aromatic ring is 1. The summed E-state index contributed by atoms with van der Waals surface area (Å²) in [4.78, 5) is 22.6. The molecule has 8 nitrogen and oxygen atoms in total. The number of methoxy groups -OCH3 is 1. The molecule has 0 atom stereocenters. The van der Waals surface area contributed by atoms with Crippen LogP contribution in [0.4, 0.5) is 23.0 Å². The van der Waals surface area contributed by atoms with Crippen molar-refractivity contribution in [2.45, 2.75) is 19.8 Å². The van der Waals surface area contributed by atoms with E-state index in [4.69, 9.17) is 15.2 Å². The summed E-state index contributed by atoms with van der Waals surface area (Å²) in [5.41, 5.74) is 7.58. The van der Waals surface area contributed by atoms with Crippen LogP contribution in [0.5, 0.6) is 5.75 Å². The minimum atomic E-state index is -0.119.